The zero-order chi connectivity index (χ0) is 26.6. The number of carbonyl (C=O) groups excluding carboxylic acids is 4. The molecule has 34 heavy (non-hydrogen) atoms. The molecule has 0 aliphatic carbocycles. The molecule has 0 bridgehead atoms. The Morgan fingerprint density at radius 2 is 0.941 bits per heavy atom. The lowest BCUT2D eigenvalue weighted by molar-refractivity contribution is -0.185. The van der Waals surface area contributed by atoms with Crippen molar-refractivity contribution < 1.29 is 48.3 Å². The number of ether oxygens (including phenoxy) is 4. The summed E-state index contributed by atoms with van der Waals surface area (Å²) in [5.41, 5.74) is 1.35. The van der Waals surface area contributed by atoms with E-state index in [4.69, 9.17) is 18.9 Å². The summed E-state index contributed by atoms with van der Waals surface area (Å²) in [5, 5.41) is 26.9. The number of esters is 4. The van der Waals surface area contributed by atoms with E-state index < -0.39 is 61.5 Å². The number of aliphatic hydroxyl groups excluding tert-OH is 2. The Morgan fingerprint density at radius 1 is 0.647 bits per heavy atom. The van der Waals surface area contributed by atoms with Gasteiger partial charge in [-0.15, -0.1) is 0 Å². The summed E-state index contributed by atoms with van der Waals surface area (Å²) >= 11 is 0. The van der Waals surface area contributed by atoms with Gasteiger partial charge in [0, 0.05) is 27.9 Å². The number of rotatable bonds is 13. The van der Waals surface area contributed by atoms with Crippen LogP contribution >= 0.6 is 0 Å². The smallest absolute Gasteiger partial charge is 0.354 e. The van der Waals surface area contributed by atoms with Crippen molar-refractivity contribution in [1.82, 2.24) is 10.6 Å². The highest BCUT2D eigenvalue weighted by Gasteiger charge is 2.38. The molecule has 0 amide bonds. The molecule has 12 heteroatoms. The average Bonchev–Trinajstić information content (AvgIpc) is 2.73. The van der Waals surface area contributed by atoms with Crippen LogP contribution in [0.4, 0.5) is 0 Å². The van der Waals surface area contributed by atoms with Gasteiger partial charge in [-0.1, -0.05) is 0 Å². The normalized spacial score (nSPS) is 13.8. The van der Waals surface area contributed by atoms with Gasteiger partial charge in [0.1, 0.15) is 36.8 Å². The number of allylic oxidation sites excluding steroid dienone is 2. The van der Waals surface area contributed by atoms with Gasteiger partial charge >= 0.3 is 23.9 Å². The second kappa shape index (κ2) is 14.9. The molecule has 4 N–H and O–H groups in total. The molecule has 0 radical (unpaired) electrons. The highest BCUT2D eigenvalue weighted by molar-refractivity contribution is 5.89. The van der Waals surface area contributed by atoms with Crippen LogP contribution in [0.3, 0.4) is 0 Å². The second-order valence-corrected chi connectivity index (χ2v) is 7.72. The Hall–Kier alpha value is -3.12. The minimum Gasteiger partial charge on any atom is -0.462 e. The van der Waals surface area contributed by atoms with Crippen molar-refractivity contribution in [2.45, 2.75) is 66.0 Å². The van der Waals surface area contributed by atoms with Gasteiger partial charge in [0.2, 0.25) is 0 Å². The largest absolute Gasteiger partial charge is 0.462 e. The van der Waals surface area contributed by atoms with Crippen LogP contribution in [0, 0.1) is 0 Å². The van der Waals surface area contributed by atoms with Crippen molar-refractivity contribution >= 4 is 23.9 Å². The zero-order valence-electron chi connectivity index (χ0n) is 20.9. The van der Waals surface area contributed by atoms with Crippen LogP contribution in [0.25, 0.3) is 0 Å². The van der Waals surface area contributed by atoms with Crippen molar-refractivity contribution in [2.24, 2.45) is 0 Å². The minimum atomic E-state index is -1.89. The standard InChI is InChI=1S/C22H36N2O10/c1-11(2)17(23-7)21(29)33-15(9-31-13(5)25)19(27)20(28)16(10-32-14(6)26)34-22(30)18(24-8)12(3)4/h15-16,19-20,23-24,27-28H,9-10H2,1-8H3/t15-,16-,19-,20-/m1/s1. The molecule has 0 rings (SSSR count). The summed E-state index contributed by atoms with van der Waals surface area (Å²) in [6.45, 7) is 7.63. The number of hydrogen-bond donors (Lipinski definition) is 4. The Morgan fingerprint density at radius 3 is 1.15 bits per heavy atom. The summed E-state index contributed by atoms with van der Waals surface area (Å²) in [6.07, 6.45) is -6.87. The van der Waals surface area contributed by atoms with Gasteiger partial charge in [0.05, 0.1) is 0 Å². The molecule has 0 saturated heterocycles. The molecule has 12 nitrogen and oxygen atoms in total. The molecule has 0 aromatic heterocycles. The molecular formula is C22H36N2O10. The first-order valence-electron chi connectivity index (χ1n) is 10.5. The molecule has 0 aromatic carbocycles. The lowest BCUT2D eigenvalue weighted by atomic mass is 10.0. The third kappa shape index (κ3) is 10.2. The van der Waals surface area contributed by atoms with E-state index in [1.54, 1.807) is 27.7 Å². The maximum absolute atomic E-state index is 12.5. The van der Waals surface area contributed by atoms with E-state index in [-0.39, 0.29) is 11.4 Å². The lowest BCUT2D eigenvalue weighted by Gasteiger charge is -2.31. The molecule has 194 valence electrons. The van der Waals surface area contributed by atoms with E-state index in [1.807, 2.05) is 0 Å². The number of likely N-dealkylation sites (N-methyl/N-ethyl adjacent to an activating group) is 2. The molecule has 0 saturated carbocycles. The van der Waals surface area contributed by atoms with Crippen molar-refractivity contribution in [3.63, 3.8) is 0 Å². The number of nitrogens with one attached hydrogen (secondary N) is 2. The van der Waals surface area contributed by atoms with Crippen LogP contribution in [0.5, 0.6) is 0 Å². The van der Waals surface area contributed by atoms with Gasteiger partial charge in [-0.3, -0.25) is 9.59 Å². The predicted molar refractivity (Wildman–Crippen MR) is 120 cm³/mol. The zero-order valence-corrected chi connectivity index (χ0v) is 20.9. The monoisotopic (exact) mass is 488 g/mol. The molecule has 0 aliphatic rings. The van der Waals surface area contributed by atoms with E-state index in [0.29, 0.717) is 11.1 Å². The van der Waals surface area contributed by atoms with Gasteiger partial charge in [-0.25, -0.2) is 9.59 Å². The van der Waals surface area contributed by atoms with Gasteiger partial charge in [-0.05, 0) is 38.8 Å². The molecule has 0 aliphatic heterocycles. The third-order valence-corrected chi connectivity index (χ3v) is 4.44. The second-order valence-electron chi connectivity index (χ2n) is 7.72. The first-order valence-corrected chi connectivity index (χ1v) is 10.5. The fraction of sp³-hybridized carbons (Fsp3) is 0.636. The average molecular weight is 489 g/mol. The highest BCUT2D eigenvalue weighted by Crippen LogP contribution is 2.16. The molecule has 0 spiro atoms. The van der Waals surface area contributed by atoms with Crippen LogP contribution in [-0.4, -0.2) is 85.8 Å². The Balaban J connectivity index is 5.93. The minimum absolute atomic E-state index is 0.0969. The topological polar surface area (TPSA) is 170 Å². The molecule has 0 aromatic rings. The Labute approximate surface area is 199 Å². The molecule has 0 fully saturated rings. The maximum atomic E-state index is 12.5. The first kappa shape index (κ1) is 30.9. The van der Waals surface area contributed by atoms with E-state index in [0.717, 1.165) is 13.8 Å². The predicted octanol–water partition coefficient (Wildman–Crippen LogP) is -0.315. The Kier molecular flexibility index (Phi) is 13.5. The van der Waals surface area contributed by atoms with Crippen LogP contribution in [-0.2, 0) is 38.1 Å². The van der Waals surface area contributed by atoms with Gasteiger partial charge in [0.15, 0.2) is 12.2 Å². The van der Waals surface area contributed by atoms with Crippen molar-refractivity contribution in [3.05, 3.63) is 22.5 Å². The summed E-state index contributed by atoms with van der Waals surface area (Å²) < 4.78 is 20.3. The van der Waals surface area contributed by atoms with Gasteiger partial charge < -0.3 is 39.8 Å². The fourth-order valence-electron chi connectivity index (χ4n) is 2.75. The SMILES string of the molecule is CNC(C(=O)O[C@H](COC(C)=O)[C@@H](O)[C@H](O)[C@@H](COC(C)=O)OC(=O)C(NC)=C(C)C)=C(C)C. The third-order valence-electron chi connectivity index (χ3n) is 4.44. The van der Waals surface area contributed by atoms with E-state index in [1.165, 1.54) is 14.1 Å². The summed E-state index contributed by atoms with van der Waals surface area (Å²) in [4.78, 5) is 47.6. The summed E-state index contributed by atoms with van der Waals surface area (Å²) in [6, 6.07) is 0. The fourth-order valence-corrected chi connectivity index (χ4v) is 2.75. The highest BCUT2D eigenvalue weighted by atomic mass is 16.6. The van der Waals surface area contributed by atoms with Gasteiger partial charge in [0.25, 0.3) is 0 Å². The summed E-state index contributed by atoms with van der Waals surface area (Å²) in [7, 11) is 2.99. The maximum Gasteiger partial charge on any atom is 0.354 e. The van der Waals surface area contributed by atoms with Crippen molar-refractivity contribution in [2.75, 3.05) is 27.3 Å². The van der Waals surface area contributed by atoms with Crippen LogP contribution < -0.4 is 10.6 Å². The summed E-state index contributed by atoms with van der Waals surface area (Å²) in [5.74, 6) is -3.18. The first-order chi connectivity index (χ1) is 15.8. The van der Waals surface area contributed by atoms with E-state index >= 15 is 0 Å². The van der Waals surface area contributed by atoms with Crippen LogP contribution in [0.1, 0.15) is 41.5 Å². The Bertz CT molecular complexity index is 732. The van der Waals surface area contributed by atoms with E-state index in [9.17, 15) is 29.4 Å². The molecular weight excluding hydrogens is 452 g/mol. The lowest BCUT2D eigenvalue weighted by Crippen LogP contribution is -2.51. The molecule has 0 heterocycles. The van der Waals surface area contributed by atoms with Crippen molar-refractivity contribution in [1.29, 1.82) is 0 Å². The number of aliphatic hydroxyl groups is 2. The molecule has 0 unspecified atom stereocenters. The molecule has 4 atom stereocenters. The van der Waals surface area contributed by atoms with Gasteiger partial charge in [-0.2, -0.15) is 0 Å². The van der Waals surface area contributed by atoms with E-state index in [2.05, 4.69) is 10.6 Å². The quantitative estimate of drug-likeness (QED) is 0.152. The van der Waals surface area contributed by atoms with Crippen LogP contribution in [0.2, 0.25) is 0 Å². The number of hydrogen-bond acceptors (Lipinski definition) is 12. The van der Waals surface area contributed by atoms with Crippen LogP contribution in [0.15, 0.2) is 22.5 Å². The number of carbonyl (C=O) groups is 4. The van der Waals surface area contributed by atoms with Crippen molar-refractivity contribution in [3.8, 4) is 0 Å².